The summed E-state index contributed by atoms with van der Waals surface area (Å²) in [7, 11) is 1.82. The Morgan fingerprint density at radius 3 is 2.62 bits per heavy atom. The molecule has 1 unspecified atom stereocenters. The summed E-state index contributed by atoms with van der Waals surface area (Å²) in [6.07, 6.45) is 2.56. The number of nitrogens with zero attached hydrogens (tertiary/aromatic N) is 4. The van der Waals surface area contributed by atoms with Gasteiger partial charge in [-0.1, -0.05) is 26.0 Å². The molecule has 2 aliphatic heterocycles. The monoisotopic (exact) mass is 391 g/mol. The largest absolute Gasteiger partial charge is 0.422 e. The normalized spacial score (nSPS) is 19.2. The number of allylic oxidation sites excluding steroid dienone is 1. The van der Waals surface area contributed by atoms with Crippen LogP contribution in [0.1, 0.15) is 61.8 Å². The number of ether oxygens (including phenoxy) is 1. The Kier molecular flexibility index (Phi) is 4.79. The van der Waals surface area contributed by atoms with E-state index in [1.165, 1.54) is 0 Å². The second kappa shape index (κ2) is 7.28. The molecule has 2 aliphatic rings. The van der Waals surface area contributed by atoms with Crippen LogP contribution >= 0.6 is 0 Å². The van der Waals surface area contributed by atoms with Crippen molar-refractivity contribution in [2.45, 2.75) is 44.9 Å². The van der Waals surface area contributed by atoms with Crippen molar-refractivity contribution in [1.82, 2.24) is 9.78 Å². The third-order valence-electron chi connectivity index (χ3n) is 5.64. The summed E-state index contributed by atoms with van der Waals surface area (Å²) in [5.74, 6) is 0.666. The van der Waals surface area contributed by atoms with E-state index >= 15 is 0 Å². The number of amides is 1. The first-order valence-electron chi connectivity index (χ1n) is 9.97. The highest BCUT2D eigenvalue weighted by molar-refractivity contribution is 5.94. The molecule has 29 heavy (non-hydrogen) atoms. The lowest BCUT2D eigenvalue weighted by Crippen LogP contribution is -2.35. The fourth-order valence-corrected chi connectivity index (χ4v) is 4.19. The van der Waals surface area contributed by atoms with Crippen molar-refractivity contribution in [2.24, 2.45) is 12.8 Å². The number of fused-ring (bicyclic) bond motifs is 1. The number of aromatic nitrogens is 2. The van der Waals surface area contributed by atoms with Gasteiger partial charge in [0.25, 0.3) is 0 Å². The molecule has 0 saturated carbocycles. The highest BCUT2D eigenvalue weighted by Crippen LogP contribution is 2.45. The van der Waals surface area contributed by atoms with Gasteiger partial charge >= 0.3 is 0 Å². The average Bonchev–Trinajstić information content (AvgIpc) is 3.04. The molecule has 1 amide bonds. The minimum atomic E-state index is -0.346. The summed E-state index contributed by atoms with van der Waals surface area (Å²) in [6, 6.07) is 10.1. The minimum Gasteiger partial charge on any atom is -0.422 e. The van der Waals surface area contributed by atoms with Gasteiger partial charge < -0.3 is 15.4 Å². The number of rotatable bonds is 3. The van der Waals surface area contributed by atoms with Crippen LogP contribution < -0.4 is 15.4 Å². The molecule has 7 nitrogen and oxygen atoms in total. The van der Waals surface area contributed by atoms with E-state index < -0.39 is 0 Å². The van der Waals surface area contributed by atoms with Crippen molar-refractivity contribution in [2.75, 3.05) is 11.4 Å². The zero-order valence-electron chi connectivity index (χ0n) is 17.0. The van der Waals surface area contributed by atoms with Crippen molar-refractivity contribution >= 4 is 11.6 Å². The average molecular weight is 391 g/mol. The van der Waals surface area contributed by atoms with Crippen LogP contribution in [0.15, 0.2) is 35.7 Å². The van der Waals surface area contributed by atoms with Gasteiger partial charge in [0.2, 0.25) is 17.7 Å². The Balaban J connectivity index is 1.79. The van der Waals surface area contributed by atoms with Crippen LogP contribution in [0, 0.1) is 11.3 Å². The maximum atomic E-state index is 12.2. The molecular weight excluding hydrogens is 366 g/mol. The number of carbonyl (C=O) groups excluding carboxylic acids is 1. The molecule has 0 spiro atoms. The third kappa shape index (κ3) is 3.15. The van der Waals surface area contributed by atoms with Gasteiger partial charge in [0, 0.05) is 25.7 Å². The van der Waals surface area contributed by atoms with Crippen molar-refractivity contribution < 1.29 is 9.53 Å². The lowest BCUT2D eigenvalue weighted by molar-refractivity contribution is -0.119. The number of anilines is 1. The van der Waals surface area contributed by atoms with Crippen LogP contribution in [-0.4, -0.2) is 22.2 Å². The number of hydrogen-bond acceptors (Lipinski definition) is 5. The Labute approximate surface area is 170 Å². The van der Waals surface area contributed by atoms with E-state index in [1.54, 1.807) is 4.68 Å². The smallest absolute Gasteiger partial charge is 0.226 e. The Bertz CT molecular complexity index is 1030. The lowest BCUT2D eigenvalue weighted by atomic mass is 9.82. The van der Waals surface area contributed by atoms with Crippen LogP contribution in [0.5, 0.6) is 5.88 Å². The Hall–Kier alpha value is -3.27. The van der Waals surface area contributed by atoms with Gasteiger partial charge in [-0.3, -0.25) is 4.79 Å². The molecule has 2 aromatic rings. The Morgan fingerprint density at radius 1 is 1.28 bits per heavy atom. The molecule has 150 valence electrons. The molecule has 1 atom stereocenters. The van der Waals surface area contributed by atoms with Gasteiger partial charge in [0.1, 0.15) is 11.6 Å². The van der Waals surface area contributed by atoms with Crippen molar-refractivity contribution in [1.29, 1.82) is 5.26 Å². The molecular formula is C22H25N5O2. The molecule has 1 fully saturated rings. The number of piperidine rings is 1. The van der Waals surface area contributed by atoms with Crippen LogP contribution in [0.4, 0.5) is 5.69 Å². The molecule has 4 rings (SSSR count). The van der Waals surface area contributed by atoms with E-state index in [2.05, 4.69) is 25.0 Å². The predicted octanol–water partition coefficient (Wildman–Crippen LogP) is 3.28. The molecule has 0 bridgehead atoms. The lowest BCUT2D eigenvalue weighted by Gasteiger charge is -2.28. The van der Waals surface area contributed by atoms with Crippen LogP contribution in [0.25, 0.3) is 0 Å². The van der Waals surface area contributed by atoms with Gasteiger partial charge in [0.15, 0.2) is 0 Å². The number of nitriles is 1. The second-order valence-electron chi connectivity index (χ2n) is 7.90. The molecule has 1 saturated heterocycles. The van der Waals surface area contributed by atoms with E-state index in [0.29, 0.717) is 17.9 Å². The molecule has 3 heterocycles. The third-order valence-corrected chi connectivity index (χ3v) is 5.64. The van der Waals surface area contributed by atoms with Gasteiger partial charge in [-0.05, 0) is 36.5 Å². The number of nitrogens with two attached hydrogens (primary N) is 1. The Morgan fingerprint density at radius 2 is 2.00 bits per heavy atom. The molecule has 7 heteroatoms. The summed E-state index contributed by atoms with van der Waals surface area (Å²) in [5.41, 5.74) is 10.1. The standard InChI is InChI=1S/C22H25N5O2/c1-13(2)20-19-18(16(12-23)21(24)29-22(19)26(3)25-20)14-7-9-15(10-8-14)27-11-5-4-6-17(27)28/h7-10,13,18H,4-6,11,24H2,1-3H3. The second-order valence-corrected chi connectivity index (χ2v) is 7.90. The zero-order chi connectivity index (χ0) is 20.7. The summed E-state index contributed by atoms with van der Waals surface area (Å²) in [5, 5.41) is 14.4. The number of hydrogen-bond donors (Lipinski definition) is 1. The summed E-state index contributed by atoms with van der Waals surface area (Å²) in [6.45, 7) is 4.88. The van der Waals surface area contributed by atoms with Crippen molar-refractivity contribution in [3.05, 3.63) is 52.5 Å². The number of aryl methyl sites for hydroxylation is 1. The topological polar surface area (TPSA) is 97.2 Å². The summed E-state index contributed by atoms with van der Waals surface area (Å²) < 4.78 is 7.44. The van der Waals surface area contributed by atoms with E-state index in [9.17, 15) is 10.1 Å². The molecule has 1 aromatic heterocycles. The fraction of sp³-hybridized carbons (Fsp3) is 0.409. The zero-order valence-corrected chi connectivity index (χ0v) is 17.0. The van der Waals surface area contributed by atoms with Gasteiger partial charge in [0.05, 0.1) is 17.2 Å². The van der Waals surface area contributed by atoms with E-state index in [0.717, 1.165) is 41.9 Å². The van der Waals surface area contributed by atoms with E-state index in [1.807, 2.05) is 36.2 Å². The quantitative estimate of drug-likeness (QED) is 0.866. The molecule has 0 radical (unpaired) electrons. The first-order valence-corrected chi connectivity index (χ1v) is 9.97. The number of carbonyl (C=O) groups is 1. The molecule has 2 N–H and O–H groups in total. The minimum absolute atomic E-state index is 0.110. The summed E-state index contributed by atoms with van der Waals surface area (Å²) >= 11 is 0. The first kappa shape index (κ1) is 19.1. The van der Waals surface area contributed by atoms with E-state index in [4.69, 9.17) is 10.5 Å². The van der Waals surface area contributed by atoms with Crippen LogP contribution in [-0.2, 0) is 11.8 Å². The maximum Gasteiger partial charge on any atom is 0.226 e. The highest BCUT2D eigenvalue weighted by atomic mass is 16.5. The van der Waals surface area contributed by atoms with Gasteiger partial charge in [-0.2, -0.15) is 10.4 Å². The molecule has 0 aliphatic carbocycles. The predicted molar refractivity (Wildman–Crippen MR) is 109 cm³/mol. The van der Waals surface area contributed by atoms with Crippen LogP contribution in [0.3, 0.4) is 0 Å². The first-order chi connectivity index (χ1) is 13.9. The van der Waals surface area contributed by atoms with Gasteiger partial charge in [-0.15, -0.1) is 0 Å². The SMILES string of the molecule is CC(C)c1nn(C)c2c1C(c1ccc(N3CCCCC3=O)cc1)C(C#N)=C(N)O2. The summed E-state index contributed by atoms with van der Waals surface area (Å²) in [4.78, 5) is 14.1. The maximum absolute atomic E-state index is 12.2. The fourth-order valence-electron chi connectivity index (χ4n) is 4.19. The number of benzene rings is 1. The van der Waals surface area contributed by atoms with Crippen molar-refractivity contribution in [3.63, 3.8) is 0 Å². The van der Waals surface area contributed by atoms with E-state index in [-0.39, 0.29) is 23.6 Å². The molecule has 1 aromatic carbocycles. The van der Waals surface area contributed by atoms with Crippen molar-refractivity contribution in [3.8, 4) is 11.9 Å². The highest BCUT2D eigenvalue weighted by Gasteiger charge is 2.37. The van der Waals surface area contributed by atoms with Crippen LogP contribution in [0.2, 0.25) is 0 Å². The van der Waals surface area contributed by atoms with Gasteiger partial charge in [-0.25, -0.2) is 4.68 Å².